The lowest BCUT2D eigenvalue weighted by molar-refractivity contribution is -0.143. The van der Waals surface area contributed by atoms with E-state index in [2.05, 4.69) is 10.6 Å². The summed E-state index contributed by atoms with van der Waals surface area (Å²) in [6.07, 6.45) is 2.98. The molecule has 3 amide bonds. The van der Waals surface area contributed by atoms with Crippen LogP contribution in [0.5, 0.6) is 0 Å². The maximum atomic E-state index is 12.7. The Labute approximate surface area is 215 Å². The van der Waals surface area contributed by atoms with E-state index >= 15 is 0 Å². The van der Waals surface area contributed by atoms with Crippen molar-refractivity contribution in [3.05, 3.63) is 72.6 Å². The lowest BCUT2D eigenvalue weighted by Crippen LogP contribution is -2.53. The van der Waals surface area contributed by atoms with E-state index in [1.165, 1.54) is 11.6 Å². The van der Waals surface area contributed by atoms with Gasteiger partial charge in [0.15, 0.2) is 0 Å². The van der Waals surface area contributed by atoms with Crippen LogP contribution in [0, 0.1) is 5.41 Å². The smallest absolute Gasteiger partial charge is 0.327 e. The third-order valence-electron chi connectivity index (χ3n) is 6.14. The molecule has 0 aliphatic rings. The van der Waals surface area contributed by atoms with Crippen molar-refractivity contribution in [3.8, 4) is 22.3 Å². The van der Waals surface area contributed by atoms with E-state index in [0.717, 1.165) is 22.3 Å². The first-order valence-corrected chi connectivity index (χ1v) is 11.8. The van der Waals surface area contributed by atoms with Crippen molar-refractivity contribution in [1.82, 2.24) is 15.2 Å². The number of aromatic nitrogens is 1. The molecule has 0 spiro atoms. The van der Waals surface area contributed by atoms with Crippen LogP contribution >= 0.6 is 0 Å². The van der Waals surface area contributed by atoms with Crippen molar-refractivity contribution in [1.29, 1.82) is 0 Å². The molecule has 37 heavy (non-hydrogen) atoms. The Morgan fingerprint density at radius 1 is 0.892 bits per heavy atom. The molecule has 2 aromatic carbocycles. The molecule has 3 rings (SSSR count). The van der Waals surface area contributed by atoms with Gasteiger partial charge in [-0.15, -0.1) is 0 Å². The van der Waals surface area contributed by atoms with Gasteiger partial charge < -0.3 is 26.0 Å². The van der Waals surface area contributed by atoms with Crippen LogP contribution in [0.4, 0.5) is 0 Å². The Morgan fingerprint density at radius 2 is 1.41 bits per heavy atom. The topological polar surface area (TPSA) is 144 Å². The summed E-state index contributed by atoms with van der Waals surface area (Å²) in [5.74, 6) is -2.51. The molecule has 0 saturated heterocycles. The lowest BCUT2D eigenvalue weighted by atomic mass is 9.86. The van der Waals surface area contributed by atoms with E-state index < -0.39 is 35.3 Å². The number of amides is 3. The molecule has 194 valence electrons. The largest absolute Gasteiger partial charge is 0.480 e. The number of nitrogens with two attached hydrogens (primary N) is 1. The molecule has 2 atom stereocenters. The second-order valence-corrected chi connectivity index (χ2v) is 9.91. The molecule has 9 nitrogen and oxygen atoms in total. The van der Waals surface area contributed by atoms with Crippen LogP contribution in [-0.4, -0.2) is 46.5 Å². The Morgan fingerprint density at radius 3 is 1.86 bits per heavy atom. The zero-order valence-corrected chi connectivity index (χ0v) is 21.3. The standard InChI is InChI=1S/C28H32N4O5/c1-28(2,3)24(26(35)30-4)31-23(33)15-22(27(36)37)32-14-13-21(16-32)19-7-5-17(6-8-19)18-9-11-20(12-10-18)25(29)34/h5-14,16,22,24H,15H2,1-4H3,(H2,29,34)(H,30,35)(H,31,33)(H,36,37). The summed E-state index contributed by atoms with van der Waals surface area (Å²) in [6.45, 7) is 5.46. The van der Waals surface area contributed by atoms with E-state index in [-0.39, 0.29) is 12.3 Å². The fourth-order valence-corrected chi connectivity index (χ4v) is 4.00. The van der Waals surface area contributed by atoms with Crippen molar-refractivity contribution in [3.63, 3.8) is 0 Å². The molecule has 9 heteroatoms. The van der Waals surface area contributed by atoms with Crippen LogP contribution in [0.25, 0.3) is 22.3 Å². The highest BCUT2D eigenvalue weighted by Gasteiger charge is 2.33. The maximum absolute atomic E-state index is 12.7. The third kappa shape index (κ3) is 6.63. The van der Waals surface area contributed by atoms with Gasteiger partial charge in [0, 0.05) is 25.0 Å². The number of carboxylic acid groups (broad SMARTS) is 1. The second-order valence-electron chi connectivity index (χ2n) is 9.91. The summed E-state index contributed by atoms with van der Waals surface area (Å²) in [5, 5.41) is 15.0. The number of aliphatic carboxylic acids is 1. The quantitative estimate of drug-likeness (QED) is 0.354. The molecule has 1 aromatic heterocycles. The van der Waals surface area contributed by atoms with Crippen molar-refractivity contribution in [2.75, 3.05) is 7.05 Å². The Hall–Kier alpha value is -4.40. The van der Waals surface area contributed by atoms with Gasteiger partial charge in [-0.25, -0.2) is 4.79 Å². The number of primary amides is 1. The van der Waals surface area contributed by atoms with Gasteiger partial charge in [0.05, 0.1) is 6.42 Å². The van der Waals surface area contributed by atoms with Crippen molar-refractivity contribution in [2.45, 2.75) is 39.3 Å². The van der Waals surface area contributed by atoms with Crippen molar-refractivity contribution in [2.24, 2.45) is 11.1 Å². The van der Waals surface area contributed by atoms with Gasteiger partial charge in [-0.3, -0.25) is 14.4 Å². The highest BCUT2D eigenvalue weighted by atomic mass is 16.4. The molecule has 2 unspecified atom stereocenters. The monoisotopic (exact) mass is 504 g/mol. The number of hydrogen-bond acceptors (Lipinski definition) is 4. The first-order chi connectivity index (χ1) is 17.4. The Kier molecular flexibility index (Phi) is 8.17. The molecule has 1 heterocycles. The van der Waals surface area contributed by atoms with Crippen LogP contribution in [-0.2, 0) is 14.4 Å². The van der Waals surface area contributed by atoms with Gasteiger partial charge in [-0.2, -0.15) is 0 Å². The number of carboxylic acids is 1. The number of carbonyl (C=O) groups is 4. The summed E-state index contributed by atoms with van der Waals surface area (Å²) in [4.78, 5) is 48.2. The lowest BCUT2D eigenvalue weighted by Gasteiger charge is -2.30. The van der Waals surface area contributed by atoms with Crippen molar-refractivity contribution >= 4 is 23.7 Å². The Bertz CT molecular complexity index is 1290. The van der Waals surface area contributed by atoms with Gasteiger partial charge in [0.1, 0.15) is 12.1 Å². The van der Waals surface area contributed by atoms with E-state index in [4.69, 9.17) is 5.73 Å². The number of benzene rings is 2. The summed E-state index contributed by atoms with van der Waals surface area (Å²) < 4.78 is 1.49. The average Bonchev–Trinajstić information content (AvgIpc) is 3.34. The summed E-state index contributed by atoms with van der Waals surface area (Å²) >= 11 is 0. The molecular formula is C28H32N4O5. The highest BCUT2D eigenvalue weighted by Crippen LogP contribution is 2.27. The predicted molar refractivity (Wildman–Crippen MR) is 141 cm³/mol. The third-order valence-corrected chi connectivity index (χ3v) is 6.14. The highest BCUT2D eigenvalue weighted by molar-refractivity contribution is 5.93. The van der Waals surface area contributed by atoms with E-state index in [9.17, 15) is 24.3 Å². The summed E-state index contributed by atoms with van der Waals surface area (Å²) in [5.41, 5.74) is 8.72. The molecule has 0 radical (unpaired) electrons. The van der Waals surface area contributed by atoms with Crippen LogP contribution in [0.3, 0.4) is 0 Å². The van der Waals surface area contributed by atoms with E-state index in [1.54, 1.807) is 30.6 Å². The van der Waals surface area contributed by atoms with E-state index in [0.29, 0.717) is 5.56 Å². The Balaban J connectivity index is 1.75. The fraction of sp³-hybridized carbons (Fsp3) is 0.286. The second kappa shape index (κ2) is 11.1. The zero-order valence-electron chi connectivity index (χ0n) is 21.3. The average molecular weight is 505 g/mol. The van der Waals surface area contributed by atoms with Crippen LogP contribution < -0.4 is 16.4 Å². The molecule has 0 fully saturated rings. The zero-order chi connectivity index (χ0) is 27.3. The number of nitrogens with one attached hydrogen (secondary N) is 2. The fourth-order valence-electron chi connectivity index (χ4n) is 4.00. The summed E-state index contributed by atoms with van der Waals surface area (Å²) in [7, 11) is 1.49. The number of carbonyl (C=O) groups excluding carboxylic acids is 3. The molecule has 5 N–H and O–H groups in total. The number of nitrogens with zero attached hydrogens (tertiary/aromatic N) is 1. The maximum Gasteiger partial charge on any atom is 0.327 e. The molecule has 0 aliphatic carbocycles. The van der Waals surface area contributed by atoms with Crippen LogP contribution in [0.1, 0.15) is 43.6 Å². The van der Waals surface area contributed by atoms with Gasteiger partial charge >= 0.3 is 5.97 Å². The van der Waals surface area contributed by atoms with Gasteiger partial charge in [0.25, 0.3) is 0 Å². The summed E-state index contributed by atoms with van der Waals surface area (Å²) in [6, 6.07) is 14.5. The molecular weight excluding hydrogens is 472 g/mol. The molecule has 0 bridgehead atoms. The SMILES string of the molecule is CNC(=O)C(NC(=O)CC(C(=O)O)n1ccc(-c2ccc(-c3ccc(C(N)=O)cc3)cc2)c1)C(C)(C)C. The normalized spacial score (nSPS) is 12.9. The van der Waals surface area contributed by atoms with Crippen molar-refractivity contribution < 1.29 is 24.3 Å². The first-order valence-electron chi connectivity index (χ1n) is 11.8. The van der Waals surface area contributed by atoms with Gasteiger partial charge in [0.2, 0.25) is 17.7 Å². The number of likely N-dealkylation sites (N-methyl/N-ethyl adjacent to an activating group) is 1. The molecule has 0 saturated carbocycles. The van der Waals surface area contributed by atoms with Gasteiger partial charge in [-0.1, -0.05) is 57.2 Å². The molecule has 0 aliphatic heterocycles. The number of hydrogen-bond donors (Lipinski definition) is 4. The minimum absolute atomic E-state index is 0.326. The van der Waals surface area contributed by atoms with Gasteiger partial charge in [-0.05, 0) is 45.9 Å². The molecule has 3 aromatic rings. The first kappa shape index (κ1) is 27.2. The van der Waals surface area contributed by atoms with Crippen LogP contribution in [0.15, 0.2) is 67.0 Å². The van der Waals surface area contributed by atoms with E-state index in [1.807, 2.05) is 57.2 Å². The number of rotatable bonds is 9. The minimum Gasteiger partial charge on any atom is -0.480 e. The predicted octanol–water partition coefficient (Wildman–Crippen LogP) is 3.21. The minimum atomic E-state index is -1.15. The van der Waals surface area contributed by atoms with Crippen LogP contribution in [0.2, 0.25) is 0 Å².